The van der Waals surface area contributed by atoms with Gasteiger partial charge in [0.25, 0.3) is 5.22 Å². The molecule has 0 spiro atoms. The third-order valence-corrected chi connectivity index (χ3v) is 6.40. The molecule has 0 fully saturated rings. The normalized spacial score (nSPS) is 12.4. The second-order valence-corrected chi connectivity index (χ2v) is 10.7. The lowest BCUT2D eigenvalue weighted by molar-refractivity contribution is -0.113. The van der Waals surface area contributed by atoms with E-state index in [0.29, 0.717) is 6.42 Å². The van der Waals surface area contributed by atoms with E-state index in [4.69, 9.17) is 9.15 Å². The number of anilines is 1. The van der Waals surface area contributed by atoms with Crippen LogP contribution in [0, 0.1) is 13.8 Å². The Labute approximate surface area is 219 Å². The van der Waals surface area contributed by atoms with Gasteiger partial charge in [0.05, 0.1) is 5.75 Å². The average molecular weight is 522 g/mol. The molecule has 2 aromatic carbocycles. The van der Waals surface area contributed by atoms with Gasteiger partial charge in [-0.15, -0.1) is 10.2 Å². The number of aromatic nitrogens is 3. The molecule has 9 nitrogen and oxygen atoms in total. The third-order valence-electron chi connectivity index (χ3n) is 5.58. The summed E-state index contributed by atoms with van der Waals surface area (Å²) < 4.78 is 11.3. The standard InChI is InChI=1S/C27H31N5O4S/c1-16-9-8-10-17(2)23(16)30-22(33)15-37-26-32-31-24(35-26)21(29-25(34)36-27(3,4)5)13-18-14-28-20-12-7-6-11-19(18)20/h6-12,14,21,28H,13,15H2,1-5H3,(H,29,34)(H,30,33). The van der Waals surface area contributed by atoms with Crippen LogP contribution in [0.2, 0.25) is 0 Å². The molecule has 10 heteroatoms. The number of nitrogens with one attached hydrogen (secondary N) is 3. The van der Waals surface area contributed by atoms with E-state index in [-0.39, 0.29) is 22.8 Å². The van der Waals surface area contributed by atoms with Gasteiger partial charge < -0.3 is 24.8 Å². The number of aryl methyl sites for hydroxylation is 2. The van der Waals surface area contributed by atoms with Crippen LogP contribution in [0.5, 0.6) is 0 Å². The SMILES string of the molecule is Cc1cccc(C)c1NC(=O)CSc1nnc(C(Cc2c[nH]c3ccccc23)NC(=O)OC(C)(C)C)o1. The number of para-hydroxylation sites is 2. The Hall–Kier alpha value is -3.79. The molecule has 0 aliphatic carbocycles. The number of H-pyrrole nitrogens is 1. The molecule has 2 aromatic heterocycles. The van der Waals surface area contributed by atoms with Crippen molar-refractivity contribution in [3.63, 3.8) is 0 Å². The molecule has 0 bridgehead atoms. The van der Waals surface area contributed by atoms with E-state index in [1.807, 2.05) is 62.5 Å². The summed E-state index contributed by atoms with van der Waals surface area (Å²) in [7, 11) is 0. The summed E-state index contributed by atoms with van der Waals surface area (Å²) in [6.45, 7) is 9.29. The molecule has 0 saturated carbocycles. The highest BCUT2D eigenvalue weighted by molar-refractivity contribution is 7.99. The van der Waals surface area contributed by atoms with Gasteiger partial charge in [-0.05, 0) is 57.4 Å². The quantitative estimate of drug-likeness (QED) is 0.254. The zero-order valence-corrected chi connectivity index (χ0v) is 22.4. The van der Waals surface area contributed by atoms with Crippen LogP contribution in [0.15, 0.2) is 58.3 Å². The van der Waals surface area contributed by atoms with Crippen LogP contribution in [0.25, 0.3) is 10.9 Å². The Morgan fingerprint density at radius 1 is 1.08 bits per heavy atom. The lowest BCUT2D eigenvalue weighted by Gasteiger charge is -2.22. The zero-order chi connectivity index (χ0) is 26.6. The van der Waals surface area contributed by atoms with Crippen molar-refractivity contribution in [3.8, 4) is 0 Å². The number of ether oxygens (including phenoxy) is 1. The van der Waals surface area contributed by atoms with Gasteiger partial charge in [0, 0.05) is 29.2 Å². The number of alkyl carbamates (subject to hydrolysis) is 1. The number of thioether (sulfide) groups is 1. The number of benzene rings is 2. The Balaban J connectivity index is 1.47. The number of carbonyl (C=O) groups excluding carboxylic acids is 2. The van der Waals surface area contributed by atoms with Crippen molar-refractivity contribution < 1.29 is 18.7 Å². The molecule has 4 aromatic rings. The van der Waals surface area contributed by atoms with Crippen LogP contribution >= 0.6 is 11.8 Å². The predicted molar refractivity (Wildman–Crippen MR) is 144 cm³/mol. The number of nitrogens with zero attached hydrogens (tertiary/aromatic N) is 2. The summed E-state index contributed by atoms with van der Waals surface area (Å²) in [5.41, 5.74) is 4.11. The lowest BCUT2D eigenvalue weighted by Crippen LogP contribution is -2.36. The largest absolute Gasteiger partial charge is 0.444 e. The third kappa shape index (κ3) is 6.91. The number of rotatable bonds is 8. The number of carbonyl (C=O) groups is 2. The van der Waals surface area contributed by atoms with E-state index >= 15 is 0 Å². The van der Waals surface area contributed by atoms with E-state index in [2.05, 4.69) is 25.8 Å². The number of amides is 2. The highest BCUT2D eigenvalue weighted by Crippen LogP contribution is 2.27. The summed E-state index contributed by atoms with van der Waals surface area (Å²) in [4.78, 5) is 28.4. The van der Waals surface area contributed by atoms with Crippen molar-refractivity contribution in [1.82, 2.24) is 20.5 Å². The summed E-state index contributed by atoms with van der Waals surface area (Å²) in [6.07, 6.45) is 1.72. The Morgan fingerprint density at radius 2 is 1.81 bits per heavy atom. The Bertz CT molecular complexity index is 1390. The van der Waals surface area contributed by atoms with Crippen molar-refractivity contribution in [2.75, 3.05) is 11.1 Å². The van der Waals surface area contributed by atoms with Crippen molar-refractivity contribution >= 4 is 40.4 Å². The fourth-order valence-electron chi connectivity index (χ4n) is 3.90. The van der Waals surface area contributed by atoms with Crippen LogP contribution in [0.1, 0.15) is 49.4 Å². The van der Waals surface area contributed by atoms with Crippen LogP contribution in [0.3, 0.4) is 0 Å². The van der Waals surface area contributed by atoms with Gasteiger partial charge in [-0.25, -0.2) is 4.79 Å². The molecule has 0 saturated heterocycles. The van der Waals surface area contributed by atoms with Crippen LogP contribution < -0.4 is 10.6 Å². The van der Waals surface area contributed by atoms with Gasteiger partial charge in [0.15, 0.2) is 0 Å². The Morgan fingerprint density at radius 3 is 2.54 bits per heavy atom. The van der Waals surface area contributed by atoms with Crippen molar-refractivity contribution in [1.29, 1.82) is 0 Å². The first-order valence-corrected chi connectivity index (χ1v) is 12.9. The molecule has 4 rings (SSSR count). The number of aromatic amines is 1. The molecule has 3 N–H and O–H groups in total. The van der Waals surface area contributed by atoms with Gasteiger partial charge in [-0.1, -0.05) is 48.2 Å². The van der Waals surface area contributed by atoms with E-state index in [1.165, 1.54) is 0 Å². The molecule has 37 heavy (non-hydrogen) atoms. The van der Waals surface area contributed by atoms with Crippen LogP contribution in [-0.2, 0) is 16.0 Å². The second kappa shape index (κ2) is 11.1. The highest BCUT2D eigenvalue weighted by Gasteiger charge is 2.26. The molecule has 0 radical (unpaired) electrons. The van der Waals surface area contributed by atoms with Crippen molar-refractivity contribution in [2.24, 2.45) is 0 Å². The average Bonchev–Trinajstić information content (AvgIpc) is 3.46. The maximum atomic E-state index is 12.6. The van der Waals surface area contributed by atoms with E-state index < -0.39 is 17.7 Å². The maximum absolute atomic E-state index is 12.6. The number of fused-ring (bicyclic) bond motifs is 1. The molecule has 194 valence electrons. The summed E-state index contributed by atoms with van der Waals surface area (Å²) in [5.74, 6) is 0.153. The number of hydrogen-bond donors (Lipinski definition) is 3. The topological polar surface area (TPSA) is 122 Å². The highest BCUT2D eigenvalue weighted by atomic mass is 32.2. The van der Waals surface area contributed by atoms with Crippen LogP contribution in [-0.4, -0.2) is 38.5 Å². The monoisotopic (exact) mass is 521 g/mol. The van der Waals surface area contributed by atoms with Gasteiger partial charge in [-0.3, -0.25) is 4.79 Å². The predicted octanol–water partition coefficient (Wildman–Crippen LogP) is 5.71. The summed E-state index contributed by atoms with van der Waals surface area (Å²) in [6, 6.07) is 13.1. The fraction of sp³-hybridized carbons (Fsp3) is 0.333. The van der Waals surface area contributed by atoms with Crippen LogP contribution in [0.4, 0.5) is 10.5 Å². The zero-order valence-electron chi connectivity index (χ0n) is 21.5. The first kappa shape index (κ1) is 26.3. The Kier molecular flexibility index (Phi) is 7.87. The first-order chi connectivity index (χ1) is 17.6. The van der Waals surface area contributed by atoms with Gasteiger partial charge >= 0.3 is 6.09 Å². The summed E-state index contributed by atoms with van der Waals surface area (Å²) in [5, 5.41) is 15.3. The molecule has 2 amide bonds. The summed E-state index contributed by atoms with van der Waals surface area (Å²) >= 11 is 1.13. The first-order valence-electron chi connectivity index (χ1n) is 12.0. The van der Waals surface area contributed by atoms with Gasteiger partial charge in [0.1, 0.15) is 11.6 Å². The van der Waals surface area contributed by atoms with E-state index in [9.17, 15) is 9.59 Å². The lowest BCUT2D eigenvalue weighted by atomic mass is 10.1. The molecule has 0 aliphatic heterocycles. The minimum atomic E-state index is -0.659. The molecule has 1 unspecified atom stereocenters. The number of hydrogen-bond acceptors (Lipinski definition) is 7. The molecule has 0 aliphatic rings. The second-order valence-electron chi connectivity index (χ2n) is 9.77. The minimum Gasteiger partial charge on any atom is -0.444 e. The minimum absolute atomic E-state index is 0.0992. The molecular formula is C27H31N5O4S. The van der Waals surface area contributed by atoms with Crippen molar-refractivity contribution in [3.05, 3.63) is 71.2 Å². The van der Waals surface area contributed by atoms with E-state index in [0.717, 1.165) is 45.0 Å². The molecule has 2 heterocycles. The van der Waals surface area contributed by atoms with Crippen molar-refractivity contribution in [2.45, 2.75) is 57.9 Å². The molecular weight excluding hydrogens is 490 g/mol. The smallest absolute Gasteiger partial charge is 0.408 e. The van der Waals surface area contributed by atoms with Gasteiger partial charge in [-0.2, -0.15) is 0 Å². The van der Waals surface area contributed by atoms with Gasteiger partial charge in [0.2, 0.25) is 11.8 Å². The van der Waals surface area contributed by atoms with E-state index in [1.54, 1.807) is 20.8 Å². The maximum Gasteiger partial charge on any atom is 0.408 e. The fourth-order valence-corrected chi connectivity index (χ4v) is 4.47. The molecule has 1 atom stereocenters.